The Hall–Kier alpha value is -1.14. The van der Waals surface area contributed by atoms with Crippen molar-refractivity contribution in [2.75, 3.05) is 13.1 Å². The second-order valence-electron chi connectivity index (χ2n) is 4.19. The van der Waals surface area contributed by atoms with Crippen molar-refractivity contribution in [3.05, 3.63) is 41.4 Å². The third-order valence-corrected chi connectivity index (χ3v) is 4.45. The lowest BCUT2D eigenvalue weighted by molar-refractivity contribution is 0.579. The highest BCUT2D eigenvalue weighted by atomic mass is 35.5. The molecule has 0 aliphatic heterocycles. The van der Waals surface area contributed by atoms with Gasteiger partial charge in [0.05, 0.1) is 4.90 Å². The molecule has 0 aliphatic carbocycles. The van der Waals surface area contributed by atoms with Crippen molar-refractivity contribution in [1.29, 1.82) is 0 Å². The molecule has 0 spiro atoms. The average Bonchev–Trinajstić information content (AvgIpc) is 2.38. The minimum atomic E-state index is -3.47. The Labute approximate surface area is 117 Å². The van der Waals surface area contributed by atoms with E-state index in [1.807, 2.05) is 0 Å². The van der Waals surface area contributed by atoms with Gasteiger partial charge >= 0.3 is 0 Å². The number of sulfonamides is 1. The third kappa shape index (κ3) is 3.45. The molecule has 0 aliphatic rings. The Morgan fingerprint density at radius 1 is 1.11 bits per heavy atom. The summed E-state index contributed by atoms with van der Waals surface area (Å²) >= 11 is 5.89. The Bertz CT molecular complexity index is 686. The van der Waals surface area contributed by atoms with E-state index in [0.717, 1.165) is 10.8 Å². The number of halogens is 1. The second-order valence-corrected chi connectivity index (χ2v) is 6.40. The molecule has 6 heteroatoms. The fourth-order valence-corrected chi connectivity index (χ4v) is 3.04. The minimum absolute atomic E-state index is 0.249. The van der Waals surface area contributed by atoms with Crippen LogP contribution in [0, 0.1) is 0 Å². The molecule has 0 radical (unpaired) electrons. The number of nitrogens with two attached hydrogens (primary N) is 1. The molecule has 2 aromatic carbocycles. The predicted octanol–water partition coefficient (Wildman–Crippen LogP) is 2.12. The van der Waals surface area contributed by atoms with Gasteiger partial charge in [0.15, 0.2) is 0 Å². The van der Waals surface area contributed by atoms with Gasteiger partial charge in [-0.05, 0) is 48.0 Å². The molecule has 2 rings (SSSR count). The van der Waals surface area contributed by atoms with E-state index in [1.165, 1.54) is 0 Å². The first-order valence-electron chi connectivity index (χ1n) is 5.92. The molecule has 3 N–H and O–H groups in total. The largest absolute Gasteiger partial charge is 0.330 e. The van der Waals surface area contributed by atoms with Gasteiger partial charge in [-0.15, -0.1) is 0 Å². The highest BCUT2D eigenvalue weighted by molar-refractivity contribution is 7.89. The van der Waals surface area contributed by atoms with Crippen LogP contribution in [0.15, 0.2) is 41.3 Å². The van der Waals surface area contributed by atoms with E-state index >= 15 is 0 Å². The van der Waals surface area contributed by atoms with Crippen molar-refractivity contribution >= 4 is 32.4 Å². The minimum Gasteiger partial charge on any atom is -0.330 e. The van der Waals surface area contributed by atoms with E-state index in [0.29, 0.717) is 24.5 Å². The Morgan fingerprint density at radius 2 is 1.79 bits per heavy atom. The molecular weight excluding hydrogens is 284 g/mol. The summed E-state index contributed by atoms with van der Waals surface area (Å²) in [6.45, 7) is 0.802. The molecule has 2 aromatic rings. The van der Waals surface area contributed by atoms with Crippen LogP contribution >= 0.6 is 11.6 Å². The fourth-order valence-electron chi connectivity index (χ4n) is 1.75. The summed E-state index contributed by atoms with van der Waals surface area (Å²) in [5.41, 5.74) is 5.34. The zero-order chi connectivity index (χ0) is 13.9. The van der Waals surface area contributed by atoms with Crippen molar-refractivity contribution < 1.29 is 8.42 Å². The highest BCUT2D eigenvalue weighted by Gasteiger charge is 2.13. The molecule has 0 unspecified atom stereocenters. The molecule has 0 saturated carbocycles. The van der Waals surface area contributed by atoms with Gasteiger partial charge in [0.25, 0.3) is 0 Å². The molecule has 0 aromatic heterocycles. The summed E-state index contributed by atoms with van der Waals surface area (Å²) in [5, 5.41) is 2.38. The van der Waals surface area contributed by atoms with Crippen LogP contribution < -0.4 is 10.5 Å². The number of nitrogens with one attached hydrogen (secondary N) is 1. The van der Waals surface area contributed by atoms with Crippen LogP contribution in [-0.4, -0.2) is 21.5 Å². The van der Waals surface area contributed by atoms with E-state index in [1.54, 1.807) is 36.4 Å². The average molecular weight is 299 g/mol. The van der Waals surface area contributed by atoms with Crippen LogP contribution in [0.3, 0.4) is 0 Å². The first-order chi connectivity index (χ1) is 9.03. The monoisotopic (exact) mass is 298 g/mol. The first kappa shape index (κ1) is 14.3. The third-order valence-electron chi connectivity index (χ3n) is 2.76. The molecule has 0 saturated heterocycles. The van der Waals surface area contributed by atoms with Crippen LogP contribution in [-0.2, 0) is 10.0 Å². The molecule has 102 valence electrons. The summed E-state index contributed by atoms with van der Waals surface area (Å²) < 4.78 is 26.6. The van der Waals surface area contributed by atoms with E-state index < -0.39 is 10.0 Å². The lowest BCUT2D eigenvalue weighted by Crippen LogP contribution is -2.26. The van der Waals surface area contributed by atoms with Crippen molar-refractivity contribution in [1.82, 2.24) is 4.72 Å². The van der Waals surface area contributed by atoms with Crippen LogP contribution in [0.5, 0.6) is 0 Å². The standard InChI is InChI=1S/C13H15ClN2O2S/c14-12-4-2-11-9-13(5-3-10(11)8-12)19(17,18)16-7-1-6-15/h2-5,8-9,16H,1,6-7,15H2. The number of hydrogen-bond acceptors (Lipinski definition) is 3. The Kier molecular flexibility index (Phi) is 4.42. The molecule has 0 fully saturated rings. The smallest absolute Gasteiger partial charge is 0.240 e. The molecular formula is C13H15ClN2O2S. The summed E-state index contributed by atoms with van der Waals surface area (Å²) in [5.74, 6) is 0. The maximum Gasteiger partial charge on any atom is 0.240 e. The molecule has 19 heavy (non-hydrogen) atoms. The van der Waals surface area contributed by atoms with Crippen molar-refractivity contribution in [2.24, 2.45) is 5.73 Å². The molecule has 4 nitrogen and oxygen atoms in total. The molecule has 0 atom stereocenters. The van der Waals surface area contributed by atoms with E-state index in [-0.39, 0.29) is 4.90 Å². The van der Waals surface area contributed by atoms with E-state index in [9.17, 15) is 8.42 Å². The maximum absolute atomic E-state index is 12.0. The number of benzene rings is 2. The number of fused-ring (bicyclic) bond motifs is 1. The number of hydrogen-bond donors (Lipinski definition) is 2. The topological polar surface area (TPSA) is 72.2 Å². The fraction of sp³-hybridized carbons (Fsp3) is 0.231. The lowest BCUT2D eigenvalue weighted by atomic mass is 10.1. The predicted molar refractivity (Wildman–Crippen MR) is 77.8 cm³/mol. The summed E-state index contributed by atoms with van der Waals surface area (Å²) in [6, 6.07) is 10.3. The number of rotatable bonds is 5. The zero-order valence-electron chi connectivity index (χ0n) is 10.3. The van der Waals surface area contributed by atoms with Gasteiger partial charge in [-0.2, -0.15) is 0 Å². The first-order valence-corrected chi connectivity index (χ1v) is 7.78. The van der Waals surface area contributed by atoms with Gasteiger partial charge in [-0.25, -0.2) is 13.1 Å². The maximum atomic E-state index is 12.0. The van der Waals surface area contributed by atoms with E-state index in [2.05, 4.69) is 4.72 Å². The summed E-state index contributed by atoms with van der Waals surface area (Å²) in [6.07, 6.45) is 0.614. The molecule has 0 amide bonds. The van der Waals surface area contributed by atoms with Gasteiger partial charge in [0.1, 0.15) is 0 Å². The van der Waals surface area contributed by atoms with E-state index in [4.69, 9.17) is 17.3 Å². The van der Waals surface area contributed by atoms with Crippen LogP contribution in [0.2, 0.25) is 5.02 Å². The van der Waals surface area contributed by atoms with Gasteiger partial charge in [0.2, 0.25) is 10.0 Å². The van der Waals surface area contributed by atoms with Crippen LogP contribution in [0.4, 0.5) is 0 Å². The van der Waals surface area contributed by atoms with Gasteiger partial charge < -0.3 is 5.73 Å². The van der Waals surface area contributed by atoms with Crippen LogP contribution in [0.25, 0.3) is 10.8 Å². The quantitative estimate of drug-likeness (QED) is 0.831. The van der Waals surface area contributed by atoms with Gasteiger partial charge in [0, 0.05) is 11.6 Å². The second kappa shape index (κ2) is 5.88. The van der Waals surface area contributed by atoms with Gasteiger partial charge in [-0.1, -0.05) is 23.7 Å². The highest BCUT2D eigenvalue weighted by Crippen LogP contribution is 2.22. The Balaban J connectivity index is 2.32. The van der Waals surface area contributed by atoms with Crippen molar-refractivity contribution in [3.63, 3.8) is 0 Å². The normalized spacial score (nSPS) is 11.9. The van der Waals surface area contributed by atoms with Gasteiger partial charge in [-0.3, -0.25) is 0 Å². The molecule has 0 heterocycles. The Morgan fingerprint density at radius 3 is 2.53 bits per heavy atom. The summed E-state index contributed by atoms with van der Waals surface area (Å²) in [7, 11) is -3.47. The zero-order valence-corrected chi connectivity index (χ0v) is 11.8. The SMILES string of the molecule is NCCCNS(=O)(=O)c1ccc2cc(Cl)ccc2c1. The van der Waals surface area contributed by atoms with Crippen molar-refractivity contribution in [2.45, 2.75) is 11.3 Å². The lowest BCUT2D eigenvalue weighted by Gasteiger charge is -2.07. The molecule has 0 bridgehead atoms. The van der Waals surface area contributed by atoms with Crippen molar-refractivity contribution in [3.8, 4) is 0 Å². The summed E-state index contributed by atoms with van der Waals surface area (Å²) in [4.78, 5) is 0.249. The van der Waals surface area contributed by atoms with Crippen LogP contribution in [0.1, 0.15) is 6.42 Å².